The number of hydrogen-bond acceptors (Lipinski definition) is 2. The van der Waals surface area contributed by atoms with Crippen molar-refractivity contribution in [1.29, 1.82) is 0 Å². The first kappa shape index (κ1) is 7.60. The molecule has 1 aromatic heterocycles. The van der Waals surface area contributed by atoms with Crippen LogP contribution in [0.2, 0.25) is 0 Å². The van der Waals surface area contributed by atoms with Gasteiger partial charge in [-0.25, -0.2) is 4.98 Å². The lowest BCUT2D eigenvalue weighted by Gasteiger charge is -2.01. The molecule has 3 nitrogen and oxygen atoms in total. The number of anilines is 1. The van der Waals surface area contributed by atoms with Gasteiger partial charge in [-0.15, -0.1) is 0 Å². The van der Waals surface area contributed by atoms with E-state index in [1.165, 1.54) is 0 Å². The molecule has 10 heavy (non-hydrogen) atoms. The molecule has 1 rings (SSSR count). The van der Waals surface area contributed by atoms with E-state index in [0.29, 0.717) is 0 Å². The molecule has 0 aromatic carbocycles. The van der Waals surface area contributed by atoms with E-state index in [4.69, 9.17) is 0 Å². The number of nitrogens with one attached hydrogen (secondary N) is 1. The van der Waals surface area contributed by atoms with Gasteiger partial charge < -0.3 is 9.88 Å². The summed E-state index contributed by atoms with van der Waals surface area (Å²) in [6.45, 7) is 2.94. The van der Waals surface area contributed by atoms with Gasteiger partial charge in [-0.05, 0) is 22.9 Å². The quantitative estimate of drug-likeness (QED) is 0.793. The first-order valence-electron chi connectivity index (χ1n) is 3.16. The average Bonchev–Trinajstić information content (AvgIpc) is 2.20. The SMILES string of the molecule is CCNc1ncc(Br)n1C. The minimum atomic E-state index is 0.898. The number of imidazole rings is 1. The van der Waals surface area contributed by atoms with Crippen molar-refractivity contribution < 1.29 is 0 Å². The molecule has 0 bridgehead atoms. The Morgan fingerprint density at radius 1 is 1.80 bits per heavy atom. The average molecular weight is 204 g/mol. The van der Waals surface area contributed by atoms with Gasteiger partial charge in [0.05, 0.1) is 6.20 Å². The summed E-state index contributed by atoms with van der Waals surface area (Å²) in [7, 11) is 1.95. The fourth-order valence-electron chi connectivity index (χ4n) is 0.711. The van der Waals surface area contributed by atoms with Crippen molar-refractivity contribution in [2.45, 2.75) is 6.92 Å². The normalized spacial score (nSPS) is 9.90. The van der Waals surface area contributed by atoms with Crippen LogP contribution in [0.1, 0.15) is 6.92 Å². The van der Waals surface area contributed by atoms with Crippen molar-refractivity contribution in [3.63, 3.8) is 0 Å². The van der Waals surface area contributed by atoms with Crippen LogP contribution in [0.25, 0.3) is 0 Å². The van der Waals surface area contributed by atoms with Gasteiger partial charge in [-0.2, -0.15) is 0 Å². The van der Waals surface area contributed by atoms with Gasteiger partial charge >= 0.3 is 0 Å². The molecule has 0 unspecified atom stereocenters. The predicted molar refractivity (Wildman–Crippen MR) is 45.1 cm³/mol. The van der Waals surface area contributed by atoms with Crippen LogP contribution >= 0.6 is 15.9 Å². The molecular formula is C6H10BrN3. The molecule has 56 valence electrons. The zero-order valence-corrected chi connectivity index (χ0v) is 7.64. The first-order valence-corrected chi connectivity index (χ1v) is 3.96. The van der Waals surface area contributed by atoms with Crippen LogP contribution in [0.3, 0.4) is 0 Å². The van der Waals surface area contributed by atoms with Gasteiger partial charge in [0, 0.05) is 13.6 Å². The summed E-state index contributed by atoms with van der Waals surface area (Å²) >= 11 is 3.35. The van der Waals surface area contributed by atoms with E-state index in [1.54, 1.807) is 6.20 Å². The lowest BCUT2D eigenvalue weighted by Crippen LogP contribution is -2.03. The maximum absolute atomic E-state index is 4.11. The topological polar surface area (TPSA) is 29.9 Å². The molecule has 1 aromatic rings. The van der Waals surface area contributed by atoms with Crippen molar-refractivity contribution in [3.8, 4) is 0 Å². The molecule has 0 radical (unpaired) electrons. The van der Waals surface area contributed by atoms with Gasteiger partial charge in [0.2, 0.25) is 5.95 Å². The van der Waals surface area contributed by atoms with Crippen molar-refractivity contribution >= 4 is 21.9 Å². The number of halogens is 1. The summed E-state index contributed by atoms with van der Waals surface area (Å²) in [5, 5.41) is 3.12. The second kappa shape index (κ2) is 3.05. The van der Waals surface area contributed by atoms with Crippen LogP contribution in [-0.4, -0.2) is 16.1 Å². The Hall–Kier alpha value is -0.510. The highest BCUT2D eigenvalue weighted by Crippen LogP contribution is 2.12. The maximum Gasteiger partial charge on any atom is 0.203 e. The zero-order chi connectivity index (χ0) is 7.56. The van der Waals surface area contributed by atoms with Crippen LogP contribution in [0.4, 0.5) is 5.95 Å². The Morgan fingerprint density at radius 2 is 2.50 bits per heavy atom. The highest BCUT2D eigenvalue weighted by Gasteiger charge is 1.99. The van der Waals surface area contributed by atoms with E-state index in [-0.39, 0.29) is 0 Å². The third kappa shape index (κ3) is 1.31. The summed E-state index contributed by atoms with van der Waals surface area (Å²) < 4.78 is 2.94. The summed E-state index contributed by atoms with van der Waals surface area (Å²) in [6, 6.07) is 0. The molecule has 0 saturated heterocycles. The van der Waals surface area contributed by atoms with Crippen molar-refractivity contribution in [3.05, 3.63) is 10.8 Å². The Bertz CT molecular complexity index is 219. The number of nitrogens with zero attached hydrogens (tertiary/aromatic N) is 2. The molecular weight excluding hydrogens is 194 g/mol. The fourth-order valence-corrected chi connectivity index (χ4v) is 0.981. The largest absolute Gasteiger partial charge is 0.356 e. The predicted octanol–water partition coefficient (Wildman–Crippen LogP) is 1.61. The van der Waals surface area contributed by atoms with Gasteiger partial charge in [-0.3, -0.25) is 0 Å². The van der Waals surface area contributed by atoms with E-state index in [0.717, 1.165) is 17.1 Å². The van der Waals surface area contributed by atoms with E-state index >= 15 is 0 Å². The molecule has 1 N–H and O–H groups in total. The van der Waals surface area contributed by atoms with Crippen LogP contribution in [-0.2, 0) is 7.05 Å². The molecule has 0 spiro atoms. The third-order valence-electron chi connectivity index (χ3n) is 1.27. The van der Waals surface area contributed by atoms with Crippen molar-refractivity contribution in [1.82, 2.24) is 9.55 Å². The lowest BCUT2D eigenvalue weighted by molar-refractivity contribution is 0.887. The molecule has 0 fully saturated rings. The highest BCUT2D eigenvalue weighted by molar-refractivity contribution is 9.10. The Morgan fingerprint density at radius 3 is 2.90 bits per heavy atom. The first-order chi connectivity index (χ1) is 4.75. The smallest absolute Gasteiger partial charge is 0.203 e. The number of rotatable bonds is 2. The third-order valence-corrected chi connectivity index (χ3v) is 2.00. The molecule has 0 aliphatic rings. The summed E-state index contributed by atoms with van der Waals surface area (Å²) in [5.74, 6) is 0.898. The van der Waals surface area contributed by atoms with Crippen LogP contribution in [0.5, 0.6) is 0 Å². The summed E-state index contributed by atoms with van der Waals surface area (Å²) in [6.07, 6.45) is 1.78. The second-order valence-corrected chi connectivity index (χ2v) is 2.81. The Labute approximate surface area is 68.6 Å². The standard InChI is InChI=1S/C6H10BrN3/c1-3-8-6-9-4-5(7)10(6)2/h4H,3H2,1-2H3,(H,8,9). The van der Waals surface area contributed by atoms with Gasteiger partial charge in [-0.1, -0.05) is 0 Å². The van der Waals surface area contributed by atoms with E-state index < -0.39 is 0 Å². The van der Waals surface area contributed by atoms with E-state index in [9.17, 15) is 0 Å². The minimum absolute atomic E-state index is 0.898. The molecule has 0 aliphatic carbocycles. The fraction of sp³-hybridized carbons (Fsp3) is 0.500. The van der Waals surface area contributed by atoms with E-state index in [2.05, 4.69) is 26.2 Å². The zero-order valence-electron chi connectivity index (χ0n) is 6.06. The minimum Gasteiger partial charge on any atom is -0.356 e. The lowest BCUT2D eigenvalue weighted by atomic mass is 10.7. The van der Waals surface area contributed by atoms with Crippen molar-refractivity contribution in [2.24, 2.45) is 7.05 Å². The van der Waals surface area contributed by atoms with Gasteiger partial charge in [0.25, 0.3) is 0 Å². The van der Waals surface area contributed by atoms with E-state index in [1.807, 2.05) is 18.5 Å². The second-order valence-electron chi connectivity index (χ2n) is 1.99. The molecule has 4 heteroatoms. The monoisotopic (exact) mass is 203 g/mol. The maximum atomic E-state index is 4.11. The Kier molecular flexibility index (Phi) is 2.32. The number of aromatic nitrogens is 2. The molecule has 0 amide bonds. The summed E-state index contributed by atoms with van der Waals surface area (Å²) in [4.78, 5) is 4.11. The van der Waals surface area contributed by atoms with Gasteiger partial charge in [0.15, 0.2) is 0 Å². The Balaban J connectivity index is 2.83. The van der Waals surface area contributed by atoms with Gasteiger partial charge in [0.1, 0.15) is 4.60 Å². The summed E-state index contributed by atoms with van der Waals surface area (Å²) in [5.41, 5.74) is 0. The van der Waals surface area contributed by atoms with Crippen molar-refractivity contribution in [2.75, 3.05) is 11.9 Å². The van der Waals surface area contributed by atoms with Crippen LogP contribution < -0.4 is 5.32 Å². The molecule has 0 atom stereocenters. The van der Waals surface area contributed by atoms with Crippen LogP contribution in [0, 0.1) is 0 Å². The molecule has 0 saturated carbocycles. The molecule has 1 heterocycles. The van der Waals surface area contributed by atoms with Crippen LogP contribution in [0.15, 0.2) is 10.8 Å². The highest BCUT2D eigenvalue weighted by atomic mass is 79.9. The number of hydrogen-bond donors (Lipinski definition) is 1. The molecule has 0 aliphatic heterocycles.